The van der Waals surface area contributed by atoms with E-state index in [4.69, 9.17) is 9.57 Å². The third-order valence-electron chi connectivity index (χ3n) is 5.75. The highest BCUT2D eigenvalue weighted by atomic mass is 19.1. The normalized spacial score (nSPS) is 23.5. The first-order chi connectivity index (χ1) is 15.8. The van der Waals surface area contributed by atoms with E-state index in [2.05, 4.69) is 10.1 Å². The number of aromatic nitrogens is 2. The summed E-state index contributed by atoms with van der Waals surface area (Å²) in [6, 6.07) is 5.35. The Morgan fingerprint density at radius 2 is 2.15 bits per heavy atom. The second kappa shape index (κ2) is 8.95. The Hall–Kier alpha value is -3.24. The van der Waals surface area contributed by atoms with Gasteiger partial charge in [-0.2, -0.15) is 0 Å². The van der Waals surface area contributed by atoms with Gasteiger partial charge in [0, 0.05) is 30.8 Å². The molecule has 0 fully saturated rings. The lowest BCUT2D eigenvalue weighted by molar-refractivity contribution is -0.161. The van der Waals surface area contributed by atoms with Gasteiger partial charge in [0.1, 0.15) is 24.0 Å². The number of amidine groups is 1. The lowest BCUT2D eigenvalue weighted by Gasteiger charge is -2.41. The first kappa shape index (κ1) is 22.9. The molecule has 0 saturated heterocycles. The van der Waals surface area contributed by atoms with Gasteiger partial charge in [0.2, 0.25) is 5.72 Å². The van der Waals surface area contributed by atoms with Crippen molar-refractivity contribution < 1.29 is 28.6 Å². The summed E-state index contributed by atoms with van der Waals surface area (Å²) in [5, 5.41) is 24.7. The lowest BCUT2D eigenvalue weighted by atomic mass is 9.87. The molecule has 2 heterocycles. The van der Waals surface area contributed by atoms with Gasteiger partial charge in [-0.15, -0.1) is 0 Å². The first-order valence-corrected chi connectivity index (χ1v) is 10.5. The van der Waals surface area contributed by atoms with E-state index in [1.54, 1.807) is 30.3 Å². The second-order valence-corrected chi connectivity index (χ2v) is 8.23. The summed E-state index contributed by atoms with van der Waals surface area (Å²) in [7, 11) is 1.54. The summed E-state index contributed by atoms with van der Waals surface area (Å²) < 4.78 is 35.5. The number of halogens is 2. The molecular weight excluding hydrogens is 434 g/mol. The van der Waals surface area contributed by atoms with Gasteiger partial charge in [0.05, 0.1) is 36.8 Å². The van der Waals surface area contributed by atoms with Crippen molar-refractivity contribution in [3.63, 3.8) is 0 Å². The number of hydrogen-bond acceptors (Lipinski definition) is 7. The molecule has 10 heteroatoms. The Morgan fingerprint density at radius 1 is 1.36 bits per heavy atom. The number of allylic oxidation sites excluding steroid dienone is 3. The van der Waals surface area contributed by atoms with Crippen molar-refractivity contribution in [3.8, 4) is 11.4 Å². The molecule has 1 aromatic heterocycles. The highest BCUT2D eigenvalue weighted by Crippen LogP contribution is 2.41. The highest BCUT2D eigenvalue weighted by Gasteiger charge is 2.52. The van der Waals surface area contributed by atoms with Crippen LogP contribution in [-0.2, 0) is 4.84 Å². The van der Waals surface area contributed by atoms with Crippen molar-refractivity contribution >= 4 is 5.84 Å². The second-order valence-electron chi connectivity index (χ2n) is 8.23. The molecule has 1 aliphatic carbocycles. The van der Waals surface area contributed by atoms with E-state index < -0.39 is 36.0 Å². The molecule has 0 bridgehead atoms. The number of oxime groups is 1. The fourth-order valence-electron chi connectivity index (χ4n) is 4.20. The molecule has 4 rings (SSSR count). The number of aryl methyl sites for hydroxylation is 1. The summed E-state index contributed by atoms with van der Waals surface area (Å²) in [6.45, 7) is 2.87. The molecule has 8 nitrogen and oxygen atoms in total. The molecule has 1 aliphatic heterocycles. The predicted molar refractivity (Wildman–Crippen MR) is 117 cm³/mol. The van der Waals surface area contributed by atoms with Crippen molar-refractivity contribution in [3.05, 3.63) is 65.8 Å². The number of aliphatic hydroxyl groups is 2. The molecule has 0 saturated carbocycles. The van der Waals surface area contributed by atoms with E-state index in [1.165, 1.54) is 13.2 Å². The number of aliphatic hydroxyl groups excluding tert-OH is 2. The third kappa shape index (κ3) is 4.23. The quantitative estimate of drug-likeness (QED) is 0.660. The van der Waals surface area contributed by atoms with Crippen molar-refractivity contribution in [2.45, 2.75) is 32.1 Å². The molecule has 1 unspecified atom stereocenters. The van der Waals surface area contributed by atoms with E-state index >= 15 is 0 Å². The van der Waals surface area contributed by atoms with Gasteiger partial charge in [0.15, 0.2) is 5.84 Å². The molecule has 1 aromatic carbocycles. The van der Waals surface area contributed by atoms with Crippen LogP contribution < -0.4 is 4.74 Å². The number of hydrogen-bond donors (Lipinski definition) is 2. The van der Waals surface area contributed by atoms with Crippen LogP contribution in [0.4, 0.5) is 8.78 Å². The maximum Gasteiger partial charge on any atom is 0.241 e. The molecule has 0 amide bonds. The van der Waals surface area contributed by atoms with Gasteiger partial charge in [-0.3, -0.25) is 0 Å². The molecular formula is C23H26F2N4O4. The summed E-state index contributed by atoms with van der Waals surface area (Å²) in [5.41, 5.74) is 0.600. The smallest absolute Gasteiger partial charge is 0.241 e. The Kier molecular flexibility index (Phi) is 6.22. The number of nitrogens with zero attached hydrogens (tertiary/aromatic N) is 4. The van der Waals surface area contributed by atoms with Gasteiger partial charge in [-0.25, -0.2) is 13.8 Å². The minimum atomic E-state index is -1.58. The molecule has 3 atom stereocenters. The van der Waals surface area contributed by atoms with Crippen LogP contribution in [0.2, 0.25) is 0 Å². The van der Waals surface area contributed by atoms with Gasteiger partial charge in [0.25, 0.3) is 0 Å². The van der Waals surface area contributed by atoms with E-state index in [-0.39, 0.29) is 13.0 Å². The van der Waals surface area contributed by atoms with Gasteiger partial charge in [-0.1, -0.05) is 5.16 Å². The standard InChI is InChI=1S/C23H26F2N4O4/c1-14-10-28(13-26-14)20-5-4-16(6-21(20)32-3)22-27-33-23(12-30,29(22)11-15(2)31)17-7-18(24)9-19(25)8-17/h4-7,9-10,13,15,17,30-31H,8,11-12H2,1-3H3/t15-,17?,23-/m1/s1. The van der Waals surface area contributed by atoms with Gasteiger partial charge < -0.3 is 29.3 Å². The molecule has 33 heavy (non-hydrogen) atoms. The van der Waals surface area contributed by atoms with Crippen LogP contribution in [0.15, 0.2) is 59.7 Å². The van der Waals surface area contributed by atoms with E-state index in [0.717, 1.165) is 17.5 Å². The summed E-state index contributed by atoms with van der Waals surface area (Å²) >= 11 is 0. The molecule has 176 valence electrons. The van der Waals surface area contributed by atoms with E-state index in [1.807, 2.05) is 23.8 Å². The number of methoxy groups -OCH3 is 1. The van der Waals surface area contributed by atoms with Crippen LogP contribution in [0, 0.1) is 12.8 Å². The average molecular weight is 460 g/mol. The highest BCUT2D eigenvalue weighted by molar-refractivity contribution is 6.00. The van der Waals surface area contributed by atoms with Crippen LogP contribution in [0.25, 0.3) is 5.69 Å². The Labute approximate surface area is 190 Å². The topological polar surface area (TPSA) is 92.3 Å². The van der Waals surface area contributed by atoms with Gasteiger partial charge in [-0.05, 0) is 38.1 Å². The zero-order valence-corrected chi connectivity index (χ0v) is 18.6. The zero-order valence-electron chi connectivity index (χ0n) is 18.6. The number of ether oxygens (including phenoxy) is 1. The maximum absolute atomic E-state index is 14.1. The summed E-state index contributed by atoms with van der Waals surface area (Å²) in [4.78, 5) is 11.5. The number of β-amino-alcohol motifs (C(OH)–C–C–N with tert-alkyl or cyclic N) is 1. The van der Waals surface area contributed by atoms with Crippen molar-refractivity contribution in [1.29, 1.82) is 0 Å². The molecule has 0 spiro atoms. The SMILES string of the molecule is COc1cc(C2=NO[C@](CO)(C3C=C(F)C=C(F)C3)N2C[C@@H](C)O)ccc1-n1cnc(C)c1. The Bertz CT molecular complexity index is 1130. The van der Waals surface area contributed by atoms with E-state index in [0.29, 0.717) is 17.1 Å². The average Bonchev–Trinajstić information content (AvgIpc) is 3.36. The Balaban J connectivity index is 1.74. The van der Waals surface area contributed by atoms with Crippen LogP contribution in [0.3, 0.4) is 0 Å². The van der Waals surface area contributed by atoms with E-state index in [9.17, 15) is 19.0 Å². The molecule has 2 aromatic rings. The first-order valence-electron chi connectivity index (χ1n) is 10.5. The summed E-state index contributed by atoms with van der Waals surface area (Å²) in [5.74, 6) is -1.46. The van der Waals surface area contributed by atoms with Crippen LogP contribution >= 0.6 is 0 Å². The maximum atomic E-state index is 14.1. The molecule has 0 radical (unpaired) electrons. The fraction of sp³-hybridized carbons (Fsp3) is 0.391. The predicted octanol–water partition coefficient (Wildman–Crippen LogP) is 2.98. The molecule has 2 aliphatic rings. The van der Waals surface area contributed by atoms with Crippen molar-refractivity contribution in [2.24, 2.45) is 11.1 Å². The number of rotatable bonds is 7. The third-order valence-corrected chi connectivity index (χ3v) is 5.75. The lowest BCUT2D eigenvalue weighted by Crippen LogP contribution is -2.58. The zero-order chi connectivity index (χ0) is 23.8. The van der Waals surface area contributed by atoms with Crippen LogP contribution in [0.5, 0.6) is 5.75 Å². The van der Waals surface area contributed by atoms with Crippen LogP contribution in [0.1, 0.15) is 24.6 Å². The van der Waals surface area contributed by atoms with Crippen LogP contribution in [-0.4, -0.2) is 62.6 Å². The van der Waals surface area contributed by atoms with Crippen molar-refractivity contribution in [2.75, 3.05) is 20.3 Å². The minimum absolute atomic E-state index is 0.0153. The monoisotopic (exact) mass is 460 g/mol. The fourth-order valence-corrected chi connectivity index (χ4v) is 4.20. The largest absolute Gasteiger partial charge is 0.495 e. The molecule has 2 N–H and O–H groups in total. The number of benzene rings is 1. The minimum Gasteiger partial charge on any atom is -0.495 e. The Morgan fingerprint density at radius 3 is 2.76 bits per heavy atom. The van der Waals surface area contributed by atoms with Gasteiger partial charge >= 0.3 is 0 Å². The summed E-state index contributed by atoms with van der Waals surface area (Å²) in [6.07, 6.45) is 4.53. The van der Waals surface area contributed by atoms with Crippen molar-refractivity contribution in [1.82, 2.24) is 14.5 Å². The number of imidazole rings is 1.